The summed E-state index contributed by atoms with van der Waals surface area (Å²) in [5, 5.41) is 9.45. The summed E-state index contributed by atoms with van der Waals surface area (Å²) in [6.45, 7) is 8.36. The standard InChI is InChI=1S/C8H16O.C8H14O/c2*1-6-4-3-5-7(2)8(6)9/h6-9H,3-5H2,1-2H3;6-7H,3-5H2,1-2H3. The van der Waals surface area contributed by atoms with Crippen molar-refractivity contribution in [3.63, 3.8) is 0 Å². The molecule has 4 unspecified atom stereocenters. The van der Waals surface area contributed by atoms with Crippen LogP contribution in [0.15, 0.2) is 0 Å². The number of carbonyl (C=O) groups is 1. The Hall–Kier alpha value is -0.370. The second kappa shape index (κ2) is 7.28. The van der Waals surface area contributed by atoms with Crippen LogP contribution in [0.2, 0.25) is 0 Å². The van der Waals surface area contributed by atoms with E-state index in [2.05, 4.69) is 13.8 Å². The molecule has 2 fully saturated rings. The molecule has 0 heterocycles. The molecule has 18 heavy (non-hydrogen) atoms. The van der Waals surface area contributed by atoms with Crippen LogP contribution in [-0.2, 0) is 4.79 Å². The zero-order valence-corrected chi connectivity index (χ0v) is 12.5. The van der Waals surface area contributed by atoms with Crippen molar-refractivity contribution < 1.29 is 9.90 Å². The van der Waals surface area contributed by atoms with Crippen LogP contribution in [0.3, 0.4) is 0 Å². The average Bonchev–Trinajstić information content (AvgIpc) is 2.34. The van der Waals surface area contributed by atoms with Gasteiger partial charge in [-0.25, -0.2) is 0 Å². The molecule has 106 valence electrons. The minimum Gasteiger partial charge on any atom is -0.393 e. The molecule has 0 bridgehead atoms. The molecule has 4 atom stereocenters. The topological polar surface area (TPSA) is 37.3 Å². The first-order valence-electron chi connectivity index (χ1n) is 7.65. The molecule has 2 rings (SSSR count). The summed E-state index contributed by atoms with van der Waals surface area (Å²) < 4.78 is 0. The lowest BCUT2D eigenvalue weighted by atomic mass is 9.81. The fraction of sp³-hybridized carbons (Fsp3) is 0.938. The fourth-order valence-electron chi connectivity index (χ4n) is 3.16. The predicted octanol–water partition coefficient (Wildman–Crippen LogP) is 3.82. The van der Waals surface area contributed by atoms with E-state index in [1.165, 1.54) is 25.7 Å². The SMILES string of the molecule is CC1CCCC(C)C1=O.CC1CCCC(C)C1O. The van der Waals surface area contributed by atoms with E-state index < -0.39 is 0 Å². The average molecular weight is 254 g/mol. The number of aliphatic hydroxyl groups is 1. The molecule has 2 heteroatoms. The van der Waals surface area contributed by atoms with Crippen molar-refractivity contribution >= 4 is 5.78 Å². The molecule has 1 N–H and O–H groups in total. The maximum absolute atomic E-state index is 11.1. The lowest BCUT2D eigenvalue weighted by Crippen LogP contribution is -2.29. The second-order valence-electron chi connectivity index (χ2n) is 6.51. The molecule has 0 amide bonds. The highest BCUT2D eigenvalue weighted by atomic mass is 16.3. The summed E-state index contributed by atoms with van der Waals surface area (Å²) in [6, 6.07) is 0. The number of hydrogen-bond donors (Lipinski definition) is 1. The van der Waals surface area contributed by atoms with Crippen LogP contribution in [0, 0.1) is 23.7 Å². The molecular weight excluding hydrogens is 224 g/mol. The predicted molar refractivity (Wildman–Crippen MR) is 75.4 cm³/mol. The first-order valence-corrected chi connectivity index (χ1v) is 7.65. The Kier molecular flexibility index (Phi) is 6.34. The maximum atomic E-state index is 11.1. The third kappa shape index (κ3) is 4.38. The minimum absolute atomic E-state index is 0.0289. The Balaban J connectivity index is 0.000000180. The van der Waals surface area contributed by atoms with Crippen molar-refractivity contribution in [3.05, 3.63) is 0 Å². The summed E-state index contributed by atoms with van der Waals surface area (Å²) in [6.07, 6.45) is 7.18. The molecule has 0 saturated heterocycles. The van der Waals surface area contributed by atoms with Gasteiger partial charge >= 0.3 is 0 Å². The van der Waals surface area contributed by atoms with Crippen molar-refractivity contribution in [1.82, 2.24) is 0 Å². The Morgan fingerprint density at radius 3 is 1.56 bits per heavy atom. The molecule has 2 aliphatic rings. The van der Waals surface area contributed by atoms with Crippen molar-refractivity contribution in [3.8, 4) is 0 Å². The van der Waals surface area contributed by atoms with Gasteiger partial charge in [0.15, 0.2) is 0 Å². The number of carbonyl (C=O) groups excluding carboxylic acids is 1. The van der Waals surface area contributed by atoms with Crippen molar-refractivity contribution in [1.29, 1.82) is 0 Å². The monoisotopic (exact) mass is 254 g/mol. The zero-order valence-electron chi connectivity index (χ0n) is 12.5. The highest BCUT2D eigenvalue weighted by Crippen LogP contribution is 2.28. The molecule has 2 nitrogen and oxygen atoms in total. The largest absolute Gasteiger partial charge is 0.393 e. The molecule has 0 aromatic carbocycles. The van der Waals surface area contributed by atoms with E-state index in [9.17, 15) is 9.90 Å². The molecule has 0 radical (unpaired) electrons. The molecule has 2 saturated carbocycles. The summed E-state index contributed by atoms with van der Waals surface area (Å²) in [5.41, 5.74) is 0. The molecular formula is C16H30O2. The van der Waals surface area contributed by atoms with E-state index >= 15 is 0 Å². The van der Waals surface area contributed by atoms with Gasteiger partial charge in [-0.1, -0.05) is 40.5 Å². The van der Waals surface area contributed by atoms with Crippen molar-refractivity contribution in [2.45, 2.75) is 72.3 Å². The normalized spacial score (nSPS) is 40.9. The van der Waals surface area contributed by atoms with Crippen LogP contribution in [-0.4, -0.2) is 17.0 Å². The lowest BCUT2D eigenvalue weighted by molar-refractivity contribution is -0.127. The van der Waals surface area contributed by atoms with Gasteiger partial charge in [-0.2, -0.15) is 0 Å². The van der Waals surface area contributed by atoms with E-state index in [4.69, 9.17) is 0 Å². The summed E-state index contributed by atoms with van der Waals surface area (Å²) in [4.78, 5) is 11.1. The van der Waals surface area contributed by atoms with Gasteiger partial charge in [0.1, 0.15) is 5.78 Å². The van der Waals surface area contributed by atoms with Crippen LogP contribution < -0.4 is 0 Å². The molecule has 0 aromatic rings. The van der Waals surface area contributed by atoms with Crippen LogP contribution in [0.5, 0.6) is 0 Å². The van der Waals surface area contributed by atoms with Gasteiger partial charge in [-0.15, -0.1) is 0 Å². The van der Waals surface area contributed by atoms with Crippen LogP contribution in [0.1, 0.15) is 66.2 Å². The number of hydrogen-bond acceptors (Lipinski definition) is 2. The van der Waals surface area contributed by atoms with E-state index in [0.717, 1.165) is 12.8 Å². The van der Waals surface area contributed by atoms with E-state index in [1.807, 2.05) is 13.8 Å². The second-order valence-corrected chi connectivity index (χ2v) is 6.51. The van der Waals surface area contributed by atoms with Gasteiger partial charge in [0.2, 0.25) is 0 Å². The quantitative estimate of drug-likeness (QED) is 0.713. The molecule has 0 spiro atoms. The Labute approximate surface area is 112 Å². The summed E-state index contributed by atoms with van der Waals surface area (Å²) in [5.74, 6) is 2.23. The fourth-order valence-corrected chi connectivity index (χ4v) is 3.16. The first kappa shape index (κ1) is 15.7. The Morgan fingerprint density at radius 2 is 1.22 bits per heavy atom. The Bertz CT molecular complexity index is 240. The number of ketones is 1. The van der Waals surface area contributed by atoms with Crippen LogP contribution in [0.25, 0.3) is 0 Å². The number of aliphatic hydroxyl groups excluding tert-OH is 1. The lowest BCUT2D eigenvalue weighted by Gasteiger charge is -2.29. The molecule has 2 aliphatic carbocycles. The summed E-state index contributed by atoms with van der Waals surface area (Å²) in [7, 11) is 0. The number of Topliss-reactive ketones (excluding diaryl/α,β-unsaturated/α-hetero) is 1. The van der Waals surface area contributed by atoms with E-state index in [1.54, 1.807) is 0 Å². The highest BCUT2D eigenvalue weighted by molar-refractivity contribution is 5.83. The van der Waals surface area contributed by atoms with E-state index in [-0.39, 0.29) is 6.10 Å². The summed E-state index contributed by atoms with van der Waals surface area (Å²) >= 11 is 0. The Morgan fingerprint density at radius 1 is 0.833 bits per heavy atom. The maximum Gasteiger partial charge on any atom is 0.138 e. The van der Waals surface area contributed by atoms with Gasteiger partial charge in [0.25, 0.3) is 0 Å². The van der Waals surface area contributed by atoms with Gasteiger partial charge < -0.3 is 5.11 Å². The smallest absolute Gasteiger partial charge is 0.138 e. The molecule has 0 aliphatic heterocycles. The van der Waals surface area contributed by atoms with E-state index in [0.29, 0.717) is 29.5 Å². The third-order valence-electron chi connectivity index (χ3n) is 4.73. The highest BCUT2D eigenvalue weighted by Gasteiger charge is 2.25. The zero-order chi connectivity index (χ0) is 13.7. The van der Waals surface area contributed by atoms with Gasteiger partial charge in [-0.3, -0.25) is 4.79 Å². The first-order chi connectivity index (χ1) is 8.43. The third-order valence-corrected chi connectivity index (χ3v) is 4.73. The van der Waals surface area contributed by atoms with Gasteiger partial charge in [0.05, 0.1) is 6.10 Å². The van der Waals surface area contributed by atoms with Gasteiger partial charge in [-0.05, 0) is 37.5 Å². The number of rotatable bonds is 0. The van der Waals surface area contributed by atoms with Crippen molar-refractivity contribution in [2.24, 2.45) is 23.7 Å². The van der Waals surface area contributed by atoms with Gasteiger partial charge in [0, 0.05) is 11.8 Å². The molecule has 0 aromatic heterocycles. The van der Waals surface area contributed by atoms with Crippen LogP contribution in [0.4, 0.5) is 0 Å². The van der Waals surface area contributed by atoms with Crippen molar-refractivity contribution in [2.75, 3.05) is 0 Å². The van der Waals surface area contributed by atoms with Crippen LogP contribution >= 0.6 is 0 Å². The minimum atomic E-state index is -0.0289.